The van der Waals surface area contributed by atoms with Crippen LogP contribution in [0.1, 0.15) is 43.0 Å². The second-order valence-electron chi connectivity index (χ2n) is 6.45. The molecule has 3 rings (SSSR count). The zero-order valence-corrected chi connectivity index (χ0v) is 14.6. The number of halogens is 1. The van der Waals surface area contributed by atoms with E-state index in [-0.39, 0.29) is 18.0 Å². The Labute approximate surface area is 148 Å². The Morgan fingerprint density at radius 1 is 1.12 bits per heavy atom. The third kappa shape index (κ3) is 4.59. The number of carbonyl (C=O) groups is 1. The first kappa shape index (κ1) is 17.0. The quantitative estimate of drug-likeness (QED) is 0.789. The van der Waals surface area contributed by atoms with E-state index in [1.165, 1.54) is 18.4 Å². The van der Waals surface area contributed by atoms with Gasteiger partial charge in [-0.2, -0.15) is 0 Å². The average molecular weight is 343 g/mol. The van der Waals surface area contributed by atoms with E-state index < -0.39 is 0 Å². The second kappa shape index (κ2) is 7.82. The second-order valence-corrected chi connectivity index (χ2v) is 6.89. The van der Waals surface area contributed by atoms with Crippen LogP contribution in [0.15, 0.2) is 54.6 Å². The minimum absolute atomic E-state index is 0.0321. The average Bonchev–Trinajstić information content (AvgIpc) is 3.43. The van der Waals surface area contributed by atoms with Gasteiger partial charge in [-0.15, -0.1) is 0 Å². The Hall–Kier alpha value is -1.84. The zero-order chi connectivity index (χ0) is 16.9. The van der Waals surface area contributed by atoms with Gasteiger partial charge in [0.2, 0.25) is 5.91 Å². The molecule has 2 N–H and O–H groups in total. The molecule has 0 aromatic heterocycles. The minimum Gasteiger partial charge on any atom is -0.348 e. The maximum Gasteiger partial charge on any atom is 0.234 e. The molecule has 1 saturated carbocycles. The molecule has 1 fully saturated rings. The molecular formula is C20H23ClN2O. The molecule has 2 atom stereocenters. The summed E-state index contributed by atoms with van der Waals surface area (Å²) in [6.45, 7) is 2.33. The molecule has 0 bridgehead atoms. The number of rotatable bonds is 7. The van der Waals surface area contributed by atoms with Crippen LogP contribution in [0.4, 0.5) is 0 Å². The normalized spacial score (nSPS) is 16.4. The number of nitrogens with one attached hydrogen (secondary N) is 2. The van der Waals surface area contributed by atoms with Crippen molar-refractivity contribution in [3.8, 4) is 0 Å². The van der Waals surface area contributed by atoms with Gasteiger partial charge in [0, 0.05) is 11.1 Å². The van der Waals surface area contributed by atoms with Crippen molar-refractivity contribution in [3.05, 3.63) is 70.7 Å². The summed E-state index contributed by atoms with van der Waals surface area (Å²) in [5.74, 6) is 0.603. The fourth-order valence-electron chi connectivity index (χ4n) is 2.93. The van der Waals surface area contributed by atoms with Gasteiger partial charge in [0.15, 0.2) is 0 Å². The Bertz CT molecular complexity index is 685. The van der Waals surface area contributed by atoms with Crippen molar-refractivity contribution < 1.29 is 4.79 Å². The van der Waals surface area contributed by atoms with Gasteiger partial charge in [-0.3, -0.25) is 4.79 Å². The summed E-state index contributed by atoms with van der Waals surface area (Å²) in [6.07, 6.45) is 2.37. The van der Waals surface area contributed by atoms with Gasteiger partial charge < -0.3 is 10.6 Å². The topological polar surface area (TPSA) is 41.1 Å². The highest BCUT2D eigenvalue weighted by molar-refractivity contribution is 6.30. The molecule has 3 nitrogen and oxygen atoms in total. The molecule has 126 valence electrons. The summed E-state index contributed by atoms with van der Waals surface area (Å²) in [4.78, 5) is 12.4. The Morgan fingerprint density at radius 3 is 2.50 bits per heavy atom. The van der Waals surface area contributed by atoms with Crippen LogP contribution in [0, 0.1) is 5.92 Å². The fraction of sp³-hybridized carbons (Fsp3) is 0.350. The van der Waals surface area contributed by atoms with E-state index in [4.69, 9.17) is 11.6 Å². The molecule has 0 saturated heterocycles. The van der Waals surface area contributed by atoms with Gasteiger partial charge in [-0.25, -0.2) is 0 Å². The number of hydrogen-bond donors (Lipinski definition) is 2. The van der Waals surface area contributed by atoms with Crippen LogP contribution in [0.25, 0.3) is 0 Å². The van der Waals surface area contributed by atoms with Crippen LogP contribution in [0.3, 0.4) is 0 Å². The maximum atomic E-state index is 12.4. The van der Waals surface area contributed by atoms with Crippen LogP contribution in [0.2, 0.25) is 5.02 Å². The largest absolute Gasteiger partial charge is 0.348 e. The van der Waals surface area contributed by atoms with Gasteiger partial charge in [-0.1, -0.05) is 54.1 Å². The van der Waals surface area contributed by atoms with Crippen LogP contribution in [0.5, 0.6) is 0 Å². The summed E-state index contributed by atoms with van der Waals surface area (Å²) < 4.78 is 0. The van der Waals surface area contributed by atoms with E-state index in [9.17, 15) is 4.79 Å². The highest BCUT2D eigenvalue weighted by Gasteiger charge is 2.33. The van der Waals surface area contributed by atoms with Gasteiger partial charge in [0.05, 0.1) is 12.6 Å². The third-order valence-electron chi connectivity index (χ3n) is 4.49. The lowest BCUT2D eigenvalue weighted by Gasteiger charge is -2.20. The van der Waals surface area contributed by atoms with Gasteiger partial charge in [-0.05, 0) is 48.9 Å². The maximum absolute atomic E-state index is 12.4. The third-order valence-corrected chi connectivity index (χ3v) is 4.72. The Morgan fingerprint density at radius 2 is 1.83 bits per heavy atom. The van der Waals surface area contributed by atoms with Gasteiger partial charge in [0.1, 0.15) is 0 Å². The predicted octanol–water partition coefficient (Wildman–Crippen LogP) is 4.26. The van der Waals surface area contributed by atoms with E-state index in [1.54, 1.807) is 0 Å². The summed E-state index contributed by atoms with van der Waals surface area (Å²) >= 11 is 6.02. The van der Waals surface area contributed by atoms with E-state index in [1.807, 2.05) is 49.4 Å². The zero-order valence-electron chi connectivity index (χ0n) is 13.8. The molecule has 2 aromatic carbocycles. The lowest BCUT2D eigenvalue weighted by molar-refractivity contribution is -0.121. The molecule has 4 heteroatoms. The van der Waals surface area contributed by atoms with Crippen LogP contribution < -0.4 is 10.6 Å². The lowest BCUT2D eigenvalue weighted by Crippen LogP contribution is -2.37. The molecule has 24 heavy (non-hydrogen) atoms. The van der Waals surface area contributed by atoms with Crippen molar-refractivity contribution in [1.82, 2.24) is 10.6 Å². The summed E-state index contributed by atoms with van der Waals surface area (Å²) in [7, 11) is 0. The highest BCUT2D eigenvalue weighted by Crippen LogP contribution is 2.40. The Balaban J connectivity index is 1.55. The van der Waals surface area contributed by atoms with Crippen molar-refractivity contribution in [2.24, 2.45) is 5.92 Å². The summed E-state index contributed by atoms with van der Waals surface area (Å²) in [5.41, 5.74) is 2.27. The highest BCUT2D eigenvalue weighted by atomic mass is 35.5. The van der Waals surface area contributed by atoms with Crippen molar-refractivity contribution in [2.45, 2.75) is 31.8 Å². The summed E-state index contributed by atoms with van der Waals surface area (Å²) in [6, 6.07) is 18.1. The van der Waals surface area contributed by atoms with Crippen LogP contribution >= 0.6 is 11.6 Å². The van der Waals surface area contributed by atoms with Crippen LogP contribution in [-0.2, 0) is 4.79 Å². The van der Waals surface area contributed by atoms with Gasteiger partial charge in [0.25, 0.3) is 0 Å². The standard InChI is InChI=1S/C20H23ClN2O/c1-14(17-8-5-9-18(21)12-17)22-13-19(24)23-20(16-10-11-16)15-6-3-2-4-7-15/h2-9,12,14,16,20,22H,10-11,13H2,1H3,(H,23,24). The molecule has 2 aromatic rings. The fourth-order valence-corrected chi connectivity index (χ4v) is 3.13. The Kier molecular flexibility index (Phi) is 5.54. The van der Waals surface area contributed by atoms with E-state index in [2.05, 4.69) is 22.8 Å². The van der Waals surface area contributed by atoms with E-state index >= 15 is 0 Å². The van der Waals surface area contributed by atoms with Crippen molar-refractivity contribution >= 4 is 17.5 Å². The predicted molar refractivity (Wildman–Crippen MR) is 97.9 cm³/mol. The monoisotopic (exact) mass is 342 g/mol. The molecule has 2 unspecified atom stereocenters. The first-order valence-corrected chi connectivity index (χ1v) is 8.84. The number of hydrogen-bond acceptors (Lipinski definition) is 2. The molecular weight excluding hydrogens is 320 g/mol. The summed E-state index contributed by atoms with van der Waals surface area (Å²) in [5, 5.41) is 7.17. The molecule has 0 spiro atoms. The molecule has 0 heterocycles. The molecule has 1 aliphatic carbocycles. The first-order chi connectivity index (χ1) is 11.6. The van der Waals surface area contributed by atoms with Gasteiger partial charge >= 0.3 is 0 Å². The lowest BCUT2D eigenvalue weighted by atomic mass is 10.0. The number of amides is 1. The molecule has 1 aliphatic rings. The van der Waals surface area contributed by atoms with Crippen molar-refractivity contribution in [1.29, 1.82) is 0 Å². The van der Waals surface area contributed by atoms with Crippen LogP contribution in [-0.4, -0.2) is 12.5 Å². The van der Waals surface area contributed by atoms with Crippen molar-refractivity contribution in [2.75, 3.05) is 6.54 Å². The minimum atomic E-state index is 0.0321. The van der Waals surface area contributed by atoms with Crippen molar-refractivity contribution in [3.63, 3.8) is 0 Å². The van der Waals surface area contributed by atoms with E-state index in [0.29, 0.717) is 17.5 Å². The smallest absolute Gasteiger partial charge is 0.234 e. The SMILES string of the molecule is CC(NCC(=O)NC(c1ccccc1)C1CC1)c1cccc(Cl)c1. The first-order valence-electron chi connectivity index (χ1n) is 8.46. The molecule has 1 amide bonds. The molecule has 0 radical (unpaired) electrons. The number of benzene rings is 2. The number of carbonyl (C=O) groups excluding carboxylic acids is 1. The van der Waals surface area contributed by atoms with E-state index in [0.717, 1.165) is 5.56 Å². The molecule has 0 aliphatic heterocycles.